The second-order valence-corrected chi connectivity index (χ2v) is 4.11. The van der Waals surface area contributed by atoms with Crippen LogP contribution >= 0.6 is 0 Å². The Balaban J connectivity index is 2.28. The van der Waals surface area contributed by atoms with Crippen molar-refractivity contribution in [1.29, 1.82) is 0 Å². The van der Waals surface area contributed by atoms with Crippen molar-refractivity contribution in [3.63, 3.8) is 0 Å². The summed E-state index contributed by atoms with van der Waals surface area (Å²) in [5, 5.41) is 0. The highest BCUT2D eigenvalue weighted by atomic mass is 16.6. The van der Waals surface area contributed by atoms with Gasteiger partial charge >= 0.3 is 5.69 Å². The van der Waals surface area contributed by atoms with Gasteiger partial charge in [0.25, 0.3) is 0 Å². The fraction of sp³-hybridized carbons (Fsp3) is 0.636. The second-order valence-electron chi connectivity index (χ2n) is 4.11. The zero-order valence-electron chi connectivity index (χ0n) is 10.00. The van der Waals surface area contributed by atoms with Crippen molar-refractivity contribution in [3.05, 3.63) is 22.7 Å². The van der Waals surface area contributed by atoms with E-state index >= 15 is 0 Å². The summed E-state index contributed by atoms with van der Waals surface area (Å²) in [6, 6.07) is 1.58. The van der Waals surface area contributed by atoms with Crippen molar-refractivity contribution in [1.82, 2.24) is 9.55 Å². The molecule has 1 aromatic rings. The lowest BCUT2D eigenvalue weighted by Crippen LogP contribution is -2.33. The third-order valence-electron chi connectivity index (χ3n) is 2.76. The first-order valence-corrected chi connectivity index (χ1v) is 5.73. The van der Waals surface area contributed by atoms with Crippen LogP contribution in [-0.2, 0) is 9.47 Å². The normalized spacial score (nSPS) is 28.5. The number of nitrogens with two attached hydrogens (primary N) is 1. The quantitative estimate of drug-likeness (QED) is 0.832. The van der Waals surface area contributed by atoms with E-state index in [9.17, 15) is 4.79 Å². The molecule has 0 amide bonds. The molecule has 1 aromatic heterocycles. The van der Waals surface area contributed by atoms with Gasteiger partial charge in [0.1, 0.15) is 11.9 Å². The molecule has 3 atom stereocenters. The number of anilines is 1. The van der Waals surface area contributed by atoms with Gasteiger partial charge in [-0.05, 0) is 19.9 Å². The Hall–Kier alpha value is -1.40. The fourth-order valence-electron chi connectivity index (χ4n) is 2.05. The molecule has 6 heteroatoms. The number of hydrogen-bond acceptors (Lipinski definition) is 5. The van der Waals surface area contributed by atoms with Gasteiger partial charge in [-0.1, -0.05) is 0 Å². The first kappa shape index (κ1) is 12.1. The molecular weight excluding hydrogens is 222 g/mol. The van der Waals surface area contributed by atoms with E-state index in [4.69, 9.17) is 15.2 Å². The minimum atomic E-state index is -0.412. The van der Waals surface area contributed by atoms with E-state index in [-0.39, 0.29) is 18.0 Å². The van der Waals surface area contributed by atoms with E-state index in [1.165, 1.54) is 4.57 Å². The summed E-state index contributed by atoms with van der Waals surface area (Å²) >= 11 is 0. The molecule has 1 aliphatic heterocycles. The summed E-state index contributed by atoms with van der Waals surface area (Å²) < 4.78 is 12.7. The number of aromatic nitrogens is 2. The van der Waals surface area contributed by atoms with Crippen LogP contribution in [0.25, 0.3) is 0 Å². The lowest BCUT2D eigenvalue weighted by molar-refractivity contribution is -0.0591. The van der Waals surface area contributed by atoms with Crippen LogP contribution in [0.3, 0.4) is 0 Å². The van der Waals surface area contributed by atoms with Gasteiger partial charge in [0.05, 0.1) is 6.10 Å². The second kappa shape index (κ2) is 4.85. The van der Waals surface area contributed by atoms with Crippen LogP contribution in [-0.4, -0.2) is 28.4 Å². The van der Waals surface area contributed by atoms with Crippen molar-refractivity contribution in [2.45, 2.75) is 38.7 Å². The van der Waals surface area contributed by atoms with E-state index in [1.54, 1.807) is 12.3 Å². The van der Waals surface area contributed by atoms with Crippen molar-refractivity contribution >= 4 is 5.82 Å². The third kappa shape index (κ3) is 2.48. The minimum absolute atomic E-state index is 0.0704. The van der Waals surface area contributed by atoms with Crippen molar-refractivity contribution in [2.75, 3.05) is 12.3 Å². The number of ether oxygens (including phenoxy) is 2. The molecule has 2 rings (SSSR count). The van der Waals surface area contributed by atoms with E-state index in [0.717, 1.165) is 6.42 Å². The number of rotatable bonds is 3. The minimum Gasteiger partial charge on any atom is -0.383 e. The monoisotopic (exact) mass is 239 g/mol. The standard InChI is InChI=1S/C11H17N3O3/c1-3-16-8-6-7(2)17-10(8)14-5-4-9(12)13-11(14)15/h4-5,7-8,10H,3,6H2,1-2H3,(H2,12,13,15). The number of nitrogen functional groups attached to an aromatic ring is 1. The summed E-state index contributed by atoms with van der Waals surface area (Å²) in [6.07, 6.45) is 1.92. The van der Waals surface area contributed by atoms with Crippen LogP contribution in [0.15, 0.2) is 17.1 Å². The fourth-order valence-corrected chi connectivity index (χ4v) is 2.05. The Bertz CT molecular complexity index is 446. The van der Waals surface area contributed by atoms with E-state index in [0.29, 0.717) is 6.61 Å². The predicted molar refractivity (Wildman–Crippen MR) is 62.5 cm³/mol. The Morgan fingerprint density at radius 2 is 2.47 bits per heavy atom. The average molecular weight is 239 g/mol. The Morgan fingerprint density at radius 1 is 1.71 bits per heavy atom. The molecule has 2 N–H and O–H groups in total. The maximum absolute atomic E-state index is 11.7. The molecule has 6 nitrogen and oxygen atoms in total. The molecule has 0 aliphatic carbocycles. The van der Waals surface area contributed by atoms with Crippen molar-refractivity contribution < 1.29 is 9.47 Å². The highest BCUT2D eigenvalue weighted by Crippen LogP contribution is 2.29. The molecule has 3 unspecified atom stereocenters. The molecule has 0 saturated carbocycles. The summed E-state index contributed by atoms with van der Waals surface area (Å²) in [7, 11) is 0. The van der Waals surface area contributed by atoms with E-state index < -0.39 is 11.9 Å². The van der Waals surface area contributed by atoms with E-state index in [2.05, 4.69) is 4.98 Å². The van der Waals surface area contributed by atoms with Gasteiger partial charge in [0, 0.05) is 19.2 Å². The molecule has 0 radical (unpaired) electrons. The number of hydrogen-bond donors (Lipinski definition) is 1. The molecule has 1 fully saturated rings. The van der Waals surface area contributed by atoms with Gasteiger partial charge in [0.2, 0.25) is 0 Å². The molecule has 2 heterocycles. The summed E-state index contributed by atoms with van der Waals surface area (Å²) in [4.78, 5) is 15.4. The van der Waals surface area contributed by atoms with Crippen LogP contribution in [0.4, 0.5) is 5.82 Å². The first-order chi connectivity index (χ1) is 8.11. The lowest BCUT2D eigenvalue weighted by Gasteiger charge is -2.20. The molecule has 17 heavy (non-hydrogen) atoms. The molecule has 0 aromatic carbocycles. The van der Waals surface area contributed by atoms with Gasteiger partial charge in [-0.3, -0.25) is 4.57 Å². The molecular formula is C11H17N3O3. The van der Waals surface area contributed by atoms with Gasteiger partial charge in [-0.2, -0.15) is 4.98 Å². The zero-order chi connectivity index (χ0) is 12.4. The van der Waals surface area contributed by atoms with Crippen molar-refractivity contribution in [3.8, 4) is 0 Å². The first-order valence-electron chi connectivity index (χ1n) is 5.73. The summed E-state index contributed by atoms with van der Waals surface area (Å²) in [5.74, 6) is 0.213. The topological polar surface area (TPSA) is 79.4 Å². The number of nitrogens with zero attached hydrogens (tertiary/aromatic N) is 2. The van der Waals surface area contributed by atoms with Crippen LogP contribution in [0.5, 0.6) is 0 Å². The van der Waals surface area contributed by atoms with Gasteiger partial charge in [-0.25, -0.2) is 4.79 Å². The van der Waals surface area contributed by atoms with Crippen LogP contribution < -0.4 is 11.4 Å². The maximum atomic E-state index is 11.7. The maximum Gasteiger partial charge on any atom is 0.351 e. The summed E-state index contributed by atoms with van der Waals surface area (Å²) in [5.41, 5.74) is 5.04. The summed E-state index contributed by atoms with van der Waals surface area (Å²) in [6.45, 7) is 4.47. The van der Waals surface area contributed by atoms with Gasteiger partial charge < -0.3 is 15.2 Å². The van der Waals surface area contributed by atoms with E-state index in [1.807, 2.05) is 13.8 Å². The smallest absolute Gasteiger partial charge is 0.351 e. The third-order valence-corrected chi connectivity index (χ3v) is 2.76. The van der Waals surface area contributed by atoms with Gasteiger partial charge in [0.15, 0.2) is 6.23 Å². The molecule has 1 aliphatic rings. The highest BCUT2D eigenvalue weighted by molar-refractivity contribution is 5.23. The highest BCUT2D eigenvalue weighted by Gasteiger charge is 2.35. The Morgan fingerprint density at radius 3 is 3.12 bits per heavy atom. The van der Waals surface area contributed by atoms with Crippen LogP contribution in [0, 0.1) is 0 Å². The molecule has 94 valence electrons. The predicted octanol–water partition coefficient (Wildman–Crippen LogP) is 0.538. The molecule has 0 bridgehead atoms. The van der Waals surface area contributed by atoms with Gasteiger partial charge in [-0.15, -0.1) is 0 Å². The molecule has 1 saturated heterocycles. The Labute approximate surface area is 99.4 Å². The average Bonchev–Trinajstić information content (AvgIpc) is 2.60. The lowest BCUT2D eigenvalue weighted by atomic mass is 10.2. The SMILES string of the molecule is CCOC1CC(C)OC1n1ccc(N)nc1=O. The largest absolute Gasteiger partial charge is 0.383 e. The Kier molecular flexibility index (Phi) is 3.44. The van der Waals surface area contributed by atoms with Crippen LogP contribution in [0.1, 0.15) is 26.5 Å². The zero-order valence-corrected chi connectivity index (χ0v) is 10.00. The van der Waals surface area contributed by atoms with Crippen molar-refractivity contribution in [2.24, 2.45) is 0 Å². The molecule has 0 spiro atoms. The van der Waals surface area contributed by atoms with Crippen LogP contribution in [0.2, 0.25) is 0 Å².